The van der Waals surface area contributed by atoms with Gasteiger partial charge in [-0.25, -0.2) is 21.9 Å². The number of anilines is 1. The first-order chi connectivity index (χ1) is 8.97. The lowest BCUT2D eigenvalue weighted by Crippen LogP contribution is -2.34. The molecule has 1 atom stereocenters. The molecule has 20 heavy (non-hydrogen) atoms. The first-order valence-corrected chi connectivity index (χ1v) is 7.68. The Morgan fingerprint density at radius 1 is 1.30 bits per heavy atom. The smallest absolute Gasteiger partial charge is 0.243 e. The molecule has 0 spiro atoms. The molecular weight excluding hydrogens is 286 g/mol. The molecule has 0 saturated carbocycles. The fourth-order valence-corrected chi connectivity index (χ4v) is 2.59. The fraction of sp³-hybridized carbons (Fsp3) is 0.538. The Kier molecular flexibility index (Phi) is 4.76. The van der Waals surface area contributed by atoms with Crippen LogP contribution in [0.5, 0.6) is 0 Å². The quantitative estimate of drug-likeness (QED) is 0.840. The zero-order chi connectivity index (χ0) is 15.7. The van der Waals surface area contributed by atoms with Crippen molar-refractivity contribution < 1.29 is 17.2 Å². The predicted octanol–water partition coefficient (Wildman–Crippen LogP) is 2.51. The summed E-state index contributed by atoms with van der Waals surface area (Å²) in [4.78, 5) is -0.641. The molecule has 4 nitrogen and oxygen atoms in total. The number of nitrogen functional groups attached to an aromatic ring is 1. The molecule has 0 aliphatic carbocycles. The van der Waals surface area contributed by atoms with Crippen molar-refractivity contribution in [3.05, 3.63) is 23.8 Å². The normalized spacial score (nSPS) is 14.3. The second kappa shape index (κ2) is 5.65. The van der Waals surface area contributed by atoms with E-state index in [1.165, 1.54) is 0 Å². The Morgan fingerprint density at radius 2 is 1.85 bits per heavy atom. The van der Waals surface area contributed by atoms with Crippen molar-refractivity contribution in [3.8, 4) is 0 Å². The van der Waals surface area contributed by atoms with Crippen LogP contribution in [0.4, 0.5) is 14.5 Å². The minimum atomic E-state index is -4.06. The van der Waals surface area contributed by atoms with E-state index in [0.29, 0.717) is 0 Å². The minimum Gasteiger partial charge on any atom is -0.394 e. The van der Waals surface area contributed by atoms with E-state index in [-0.39, 0.29) is 17.9 Å². The van der Waals surface area contributed by atoms with Crippen LogP contribution < -0.4 is 10.5 Å². The van der Waals surface area contributed by atoms with Crippen LogP contribution in [0.15, 0.2) is 17.0 Å². The number of halogens is 2. The zero-order valence-corrected chi connectivity index (χ0v) is 12.8. The summed E-state index contributed by atoms with van der Waals surface area (Å²) in [6, 6.07) is 1.70. The average molecular weight is 306 g/mol. The van der Waals surface area contributed by atoms with Gasteiger partial charge in [-0.05, 0) is 23.5 Å². The Balaban J connectivity index is 2.99. The van der Waals surface area contributed by atoms with Gasteiger partial charge in [0, 0.05) is 6.54 Å². The highest BCUT2D eigenvalue weighted by Crippen LogP contribution is 2.26. The number of nitrogens with one attached hydrogen (secondary N) is 1. The summed E-state index contributed by atoms with van der Waals surface area (Å²) in [6.07, 6.45) is 0. The van der Waals surface area contributed by atoms with Crippen LogP contribution >= 0.6 is 0 Å². The number of nitrogens with two attached hydrogens (primary N) is 1. The van der Waals surface area contributed by atoms with Gasteiger partial charge in [-0.3, -0.25) is 0 Å². The maximum Gasteiger partial charge on any atom is 0.243 e. The molecule has 3 N–H and O–H groups in total. The van der Waals surface area contributed by atoms with E-state index < -0.39 is 32.2 Å². The van der Waals surface area contributed by atoms with E-state index in [4.69, 9.17) is 5.73 Å². The molecule has 0 amide bonds. The zero-order valence-electron chi connectivity index (χ0n) is 12.0. The van der Waals surface area contributed by atoms with Gasteiger partial charge in [-0.2, -0.15) is 0 Å². The Hall–Kier alpha value is -1.21. The lowest BCUT2D eigenvalue weighted by Gasteiger charge is -2.27. The van der Waals surface area contributed by atoms with Crippen molar-refractivity contribution in [3.63, 3.8) is 0 Å². The lowest BCUT2D eigenvalue weighted by atomic mass is 9.82. The van der Waals surface area contributed by atoms with Crippen LogP contribution in [0.3, 0.4) is 0 Å². The van der Waals surface area contributed by atoms with Gasteiger partial charge in [0.2, 0.25) is 10.0 Å². The molecule has 7 heteroatoms. The summed E-state index contributed by atoms with van der Waals surface area (Å²) in [5.74, 6) is -2.21. The molecule has 0 heterocycles. The van der Waals surface area contributed by atoms with Gasteiger partial charge in [0.05, 0.1) is 0 Å². The largest absolute Gasteiger partial charge is 0.394 e. The topological polar surface area (TPSA) is 72.2 Å². The SMILES string of the molecule is CC(CNS(=O)(=O)c1ccc(F)c(N)c1F)C(C)(C)C. The molecule has 1 aromatic rings. The average Bonchev–Trinajstić information content (AvgIpc) is 2.31. The summed E-state index contributed by atoms with van der Waals surface area (Å²) in [5.41, 5.74) is 4.27. The highest BCUT2D eigenvalue weighted by atomic mass is 32.2. The minimum absolute atomic E-state index is 0.0399. The van der Waals surface area contributed by atoms with E-state index in [1.807, 2.05) is 27.7 Å². The molecule has 0 saturated heterocycles. The third-order valence-electron chi connectivity index (χ3n) is 3.44. The van der Waals surface area contributed by atoms with Gasteiger partial charge in [0.1, 0.15) is 16.4 Å². The third kappa shape index (κ3) is 3.67. The molecular formula is C13H20F2N2O2S. The van der Waals surface area contributed by atoms with Gasteiger partial charge in [0.25, 0.3) is 0 Å². The van der Waals surface area contributed by atoms with E-state index in [9.17, 15) is 17.2 Å². The van der Waals surface area contributed by atoms with Crippen LogP contribution in [-0.4, -0.2) is 15.0 Å². The van der Waals surface area contributed by atoms with E-state index in [2.05, 4.69) is 4.72 Å². The van der Waals surface area contributed by atoms with Crippen molar-refractivity contribution in [1.82, 2.24) is 4.72 Å². The molecule has 0 aliphatic heterocycles. The molecule has 0 radical (unpaired) electrons. The summed E-state index contributed by atoms with van der Waals surface area (Å²) < 4.78 is 53.1. The molecule has 0 aliphatic rings. The van der Waals surface area contributed by atoms with Gasteiger partial charge in [0.15, 0.2) is 5.82 Å². The lowest BCUT2D eigenvalue weighted by molar-refractivity contribution is 0.263. The summed E-state index contributed by atoms with van der Waals surface area (Å²) in [5, 5.41) is 0. The summed E-state index contributed by atoms with van der Waals surface area (Å²) in [7, 11) is -4.06. The van der Waals surface area contributed by atoms with Crippen LogP contribution in [0.25, 0.3) is 0 Å². The van der Waals surface area contributed by atoms with Gasteiger partial charge in [-0.1, -0.05) is 27.7 Å². The monoisotopic (exact) mass is 306 g/mol. The third-order valence-corrected chi connectivity index (χ3v) is 4.88. The molecule has 0 aromatic heterocycles. The second-order valence-corrected chi connectivity index (χ2v) is 7.63. The van der Waals surface area contributed by atoms with E-state index in [1.54, 1.807) is 0 Å². The predicted molar refractivity (Wildman–Crippen MR) is 74.6 cm³/mol. The van der Waals surface area contributed by atoms with Crippen LogP contribution in [0.2, 0.25) is 0 Å². The molecule has 1 aromatic carbocycles. The first kappa shape index (κ1) is 16.8. The van der Waals surface area contributed by atoms with Crippen molar-refractivity contribution in [2.24, 2.45) is 11.3 Å². The maximum absolute atomic E-state index is 13.7. The Labute approximate surface area is 118 Å². The van der Waals surface area contributed by atoms with Crippen molar-refractivity contribution >= 4 is 15.7 Å². The number of hydrogen-bond acceptors (Lipinski definition) is 3. The molecule has 0 bridgehead atoms. The molecule has 1 rings (SSSR count). The van der Waals surface area contributed by atoms with Crippen LogP contribution in [-0.2, 0) is 10.0 Å². The number of rotatable bonds is 4. The highest BCUT2D eigenvalue weighted by Gasteiger charge is 2.25. The Bertz CT molecular complexity index is 595. The molecule has 0 fully saturated rings. The fourth-order valence-electron chi connectivity index (χ4n) is 1.38. The van der Waals surface area contributed by atoms with Crippen LogP contribution in [0.1, 0.15) is 27.7 Å². The number of sulfonamides is 1. The second-order valence-electron chi connectivity index (χ2n) is 5.89. The van der Waals surface area contributed by atoms with Crippen molar-refractivity contribution in [1.29, 1.82) is 0 Å². The van der Waals surface area contributed by atoms with Crippen molar-refractivity contribution in [2.45, 2.75) is 32.6 Å². The first-order valence-electron chi connectivity index (χ1n) is 6.20. The number of benzene rings is 1. The van der Waals surface area contributed by atoms with Crippen molar-refractivity contribution in [2.75, 3.05) is 12.3 Å². The Morgan fingerprint density at radius 3 is 2.35 bits per heavy atom. The molecule has 1 unspecified atom stereocenters. The summed E-state index contributed by atoms with van der Waals surface area (Å²) in [6.45, 7) is 7.97. The van der Waals surface area contributed by atoms with Gasteiger partial charge in [-0.15, -0.1) is 0 Å². The highest BCUT2D eigenvalue weighted by molar-refractivity contribution is 7.89. The number of hydrogen-bond donors (Lipinski definition) is 2. The summed E-state index contributed by atoms with van der Waals surface area (Å²) >= 11 is 0. The van der Waals surface area contributed by atoms with Crippen LogP contribution in [0, 0.1) is 23.0 Å². The van der Waals surface area contributed by atoms with Gasteiger partial charge >= 0.3 is 0 Å². The maximum atomic E-state index is 13.7. The standard InChI is InChI=1S/C13H20F2N2O2S/c1-8(13(2,3)4)7-17-20(18,19)10-6-5-9(14)12(16)11(10)15/h5-6,8,17H,7,16H2,1-4H3. The molecule has 114 valence electrons. The van der Waals surface area contributed by atoms with Gasteiger partial charge < -0.3 is 5.73 Å². The van der Waals surface area contributed by atoms with E-state index >= 15 is 0 Å². The van der Waals surface area contributed by atoms with E-state index in [0.717, 1.165) is 12.1 Å².